The molecule has 1 aromatic rings. The molecule has 92 valence electrons. The van der Waals surface area contributed by atoms with E-state index in [-0.39, 0.29) is 17.7 Å². The van der Waals surface area contributed by atoms with Gasteiger partial charge < -0.3 is 10.1 Å². The first-order chi connectivity index (χ1) is 8.16. The zero-order valence-corrected chi connectivity index (χ0v) is 9.68. The summed E-state index contributed by atoms with van der Waals surface area (Å²) in [6, 6.07) is 3.05. The molecule has 1 atom stereocenters. The van der Waals surface area contributed by atoms with Crippen molar-refractivity contribution in [2.24, 2.45) is 0 Å². The minimum absolute atomic E-state index is 0.0308. The van der Waals surface area contributed by atoms with Crippen LogP contribution >= 0.6 is 0 Å². The number of nitrogens with zero attached hydrogens (tertiary/aromatic N) is 2. The fraction of sp³-hybridized carbons (Fsp3) is 0.545. The second-order valence-electron chi connectivity index (χ2n) is 4.12. The van der Waals surface area contributed by atoms with Crippen molar-refractivity contribution in [2.45, 2.75) is 25.9 Å². The van der Waals surface area contributed by atoms with Gasteiger partial charge in [0.15, 0.2) is 0 Å². The third-order valence-corrected chi connectivity index (χ3v) is 2.71. The highest BCUT2D eigenvalue weighted by Crippen LogP contribution is 2.26. The summed E-state index contributed by atoms with van der Waals surface area (Å²) in [7, 11) is 0. The van der Waals surface area contributed by atoms with Gasteiger partial charge >= 0.3 is 5.69 Å². The predicted molar refractivity (Wildman–Crippen MR) is 62.1 cm³/mol. The van der Waals surface area contributed by atoms with Gasteiger partial charge in [-0.3, -0.25) is 10.1 Å². The van der Waals surface area contributed by atoms with E-state index in [2.05, 4.69) is 10.3 Å². The summed E-state index contributed by atoms with van der Waals surface area (Å²) in [5.74, 6) is 0.128. The molecule has 2 rings (SSSR count). The average Bonchev–Trinajstić information content (AvgIpc) is 2.30. The number of piperidine rings is 1. The summed E-state index contributed by atoms with van der Waals surface area (Å²) in [5.41, 5.74) is 0.649. The first-order valence-corrected chi connectivity index (χ1v) is 5.66. The number of nitrogens with one attached hydrogen (secondary N) is 1. The monoisotopic (exact) mass is 237 g/mol. The van der Waals surface area contributed by atoms with Crippen molar-refractivity contribution < 1.29 is 9.66 Å². The average molecular weight is 237 g/mol. The Balaban J connectivity index is 2.17. The second kappa shape index (κ2) is 5.09. The SMILES string of the molecule is Cc1ccc([N+](=O)[O-])c(O[C@H]2CCCNC2)n1. The van der Waals surface area contributed by atoms with Crippen LogP contribution in [-0.4, -0.2) is 29.1 Å². The Morgan fingerprint density at radius 3 is 3.06 bits per heavy atom. The molecule has 1 saturated heterocycles. The van der Waals surface area contributed by atoms with Crippen LogP contribution in [0.2, 0.25) is 0 Å². The first kappa shape index (κ1) is 11.8. The predicted octanol–water partition coefficient (Wildman–Crippen LogP) is 1.43. The van der Waals surface area contributed by atoms with E-state index < -0.39 is 4.92 Å². The Hall–Kier alpha value is -1.69. The maximum Gasteiger partial charge on any atom is 0.330 e. The Morgan fingerprint density at radius 2 is 2.41 bits per heavy atom. The summed E-state index contributed by atoms with van der Waals surface area (Å²) in [4.78, 5) is 14.5. The fourth-order valence-corrected chi connectivity index (χ4v) is 1.83. The van der Waals surface area contributed by atoms with Gasteiger partial charge in [-0.1, -0.05) is 0 Å². The number of nitro groups is 1. The number of ether oxygens (including phenoxy) is 1. The molecule has 0 amide bonds. The van der Waals surface area contributed by atoms with Crippen LogP contribution in [0.25, 0.3) is 0 Å². The van der Waals surface area contributed by atoms with E-state index in [1.165, 1.54) is 6.07 Å². The van der Waals surface area contributed by atoms with Crippen LogP contribution < -0.4 is 10.1 Å². The topological polar surface area (TPSA) is 77.3 Å². The van der Waals surface area contributed by atoms with Gasteiger partial charge in [-0.25, -0.2) is 4.98 Å². The summed E-state index contributed by atoms with van der Waals surface area (Å²) in [6.07, 6.45) is 1.89. The van der Waals surface area contributed by atoms with E-state index in [0.717, 1.165) is 25.1 Å². The lowest BCUT2D eigenvalue weighted by Gasteiger charge is -2.23. The minimum atomic E-state index is -0.460. The van der Waals surface area contributed by atoms with Gasteiger partial charge in [0.2, 0.25) is 0 Å². The van der Waals surface area contributed by atoms with Gasteiger partial charge in [0, 0.05) is 18.3 Å². The molecule has 6 heteroatoms. The first-order valence-electron chi connectivity index (χ1n) is 5.66. The summed E-state index contributed by atoms with van der Waals surface area (Å²) < 4.78 is 5.61. The van der Waals surface area contributed by atoms with Gasteiger partial charge in [0.1, 0.15) is 6.10 Å². The third-order valence-electron chi connectivity index (χ3n) is 2.71. The van der Waals surface area contributed by atoms with Crippen molar-refractivity contribution >= 4 is 5.69 Å². The van der Waals surface area contributed by atoms with Gasteiger partial charge in [-0.15, -0.1) is 0 Å². The summed E-state index contributed by atoms with van der Waals surface area (Å²) in [6.45, 7) is 3.48. The third kappa shape index (κ3) is 2.91. The Morgan fingerprint density at radius 1 is 1.59 bits per heavy atom. The molecule has 0 spiro atoms. The number of hydrogen-bond acceptors (Lipinski definition) is 5. The number of aryl methyl sites for hydroxylation is 1. The molecule has 1 N–H and O–H groups in total. The van der Waals surface area contributed by atoms with E-state index in [1.54, 1.807) is 13.0 Å². The van der Waals surface area contributed by atoms with Crippen LogP contribution in [0.15, 0.2) is 12.1 Å². The number of aromatic nitrogens is 1. The van der Waals surface area contributed by atoms with Gasteiger partial charge in [-0.05, 0) is 32.4 Å². The van der Waals surface area contributed by atoms with Crippen molar-refractivity contribution in [1.29, 1.82) is 0 Å². The lowest BCUT2D eigenvalue weighted by atomic mass is 10.1. The zero-order valence-electron chi connectivity index (χ0n) is 9.68. The fourth-order valence-electron chi connectivity index (χ4n) is 1.83. The number of hydrogen-bond donors (Lipinski definition) is 1. The largest absolute Gasteiger partial charge is 0.468 e. The Kier molecular flexibility index (Phi) is 3.53. The molecule has 0 bridgehead atoms. The molecule has 1 aromatic heterocycles. The smallest absolute Gasteiger partial charge is 0.330 e. The molecule has 6 nitrogen and oxygen atoms in total. The zero-order chi connectivity index (χ0) is 12.3. The van der Waals surface area contributed by atoms with Crippen LogP contribution in [0.3, 0.4) is 0 Å². The molecule has 1 fully saturated rings. The molecular weight excluding hydrogens is 222 g/mol. The molecule has 0 aromatic carbocycles. The van der Waals surface area contributed by atoms with Gasteiger partial charge in [0.05, 0.1) is 4.92 Å². The van der Waals surface area contributed by atoms with Gasteiger partial charge in [0.25, 0.3) is 5.88 Å². The maximum absolute atomic E-state index is 10.8. The van der Waals surface area contributed by atoms with E-state index in [1.807, 2.05) is 0 Å². The van der Waals surface area contributed by atoms with Crippen LogP contribution in [0.1, 0.15) is 18.5 Å². The molecule has 17 heavy (non-hydrogen) atoms. The molecular formula is C11H15N3O3. The summed E-state index contributed by atoms with van der Waals surface area (Å²) in [5, 5.41) is 14.0. The highest BCUT2D eigenvalue weighted by Gasteiger charge is 2.22. The van der Waals surface area contributed by atoms with Crippen molar-refractivity contribution in [2.75, 3.05) is 13.1 Å². The van der Waals surface area contributed by atoms with Crippen LogP contribution in [0.5, 0.6) is 5.88 Å². The standard InChI is InChI=1S/C11H15N3O3/c1-8-4-5-10(14(15)16)11(13-8)17-9-3-2-6-12-7-9/h4-5,9,12H,2-3,6-7H2,1H3/t9-/m0/s1. The van der Waals surface area contributed by atoms with Crippen molar-refractivity contribution in [3.05, 3.63) is 27.9 Å². The molecule has 0 radical (unpaired) electrons. The van der Waals surface area contributed by atoms with Crippen LogP contribution in [-0.2, 0) is 0 Å². The molecule has 0 saturated carbocycles. The Labute approximate surface area is 99.2 Å². The summed E-state index contributed by atoms with van der Waals surface area (Å²) >= 11 is 0. The van der Waals surface area contributed by atoms with Crippen LogP contribution in [0, 0.1) is 17.0 Å². The number of pyridine rings is 1. The molecule has 2 heterocycles. The second-order valence-corrected chi connectivity index (χ2v) is 4.12. The lowest BCUT2D eigenvalue weighted by molar-refractivity contribution is -0.386. The number of rotatable bonds is 3. The highest BCUT2D eigenvalue weighted by molar-refractivity contribution is 5.41. The van der Waals surface area contributed by atoms with Gasteiger partial charge in [-0.2, -0.15) is 0 Å². The van der Waals surface area contributed by atoms with E-state index in [0.29, 0.717) is 6.54 Å². The van der Waals surface area contributed by atoms with E-state index >= 15 is 0 Å². The maximum atomic E-state index is 10.8. The molecule has 1 aliphatic heterocycles. The Bertz CT molecular complexity index is 416. The van der Waals surface area contributed by atoms with Crippen molar-refractivity contribution in [3.63, 3.8) is 0 Å². The minimum Gasteiger partial charge on any atom is -0.468 e. The van der Waals surface area contributed by atoms with Crippen molar-refractivity contribution in [3.8, 4) is 5.88 Å². The highest BCUT2D eigenvalue weighted by atomic mass is 16.6. The normalized spacial score (nSPS) is 19.9. The molecule has 1 aliphatic rings. The lowest BCUT2D eigenvalue weighted by Crippen LogP contribution is -2.37. The van der Waals surface area contributed by atoms with E-state index in [4.69, 9.17) is 4.74 Å². The van der Waals surface area contributed by atoms with Crippen molar-refractivity contribution in [1.82, 2.24) is 10.3 Å². The van der Waals surface area contributed by atoms with E-state index in [9.17, 15) is 10.1 Å². The molecule has 0 aliphatic carbocycles. The van der Waals surface area contributed by atoms with Crippen LogP contribution in [0.4, 0.5) is 5.69 Å². The molecule has 0 unspecified atom stereocenters. The quantitative estimate of drug-likeness (QED) is 0.635.